The zero-order valence-corrected chi connectivity index (χ0v) is 15.8. The molecule has 0 saturated heterocycles. The number of nitriles is 1. The molecule has 0 spiro atoms. The Morgan fingerprint density at radius 1 is 1.43 bits per heavy atom. The molecule has 0 radical (unpaired) electrons. The lowest BCUT2D eigenvalue weighted by molar-refractivity contribution is -0.188. The molecular formula is C20H18F3N5O2. The van der Waals surface area contributed by atoms with E-state index in [0.717, 1.165) is 12.8 Å². The van der Waals surface area contributed by atoms with Gasteiger partial charge in [-0.2, -0.15) is 18.4 Å². The van der Waals surface area contributed by atoms with Crippen LogP contribution in [0.5, 0.6) is 0 Å². The molecule has 1 aliphatic heterocycles. The van der Waals surface area contributed by atoms with Gasteiger partial charge in [-0.05, 0) is 36.1 Å². The number of halogens is 3. The summed E-state index contributed by atoms with van der Waals surface area (Å²) >= 11 is 0. The molecule has 156 valence electrons. The summed E-state index contributed by atoms with van der Waals surface area (Å²) in [5.41, 5.74) is 1.45. The van der Waals surface area contributed by atoms with Crippen molar-refractivity contribution in [2.24, 2.45) is 0 Å². The standard InChI is InChI=1S/C20H18F3N5O2/c21-20(22,23)16-9-12(5-8-27(16)18(30)3-6-24)15-10-17(28(11-29)13-1-2-13)26-19-14(15)4-7-25-19/h4-5,7,10-11,13,16H,1-3,8-9H2,(H,25,26). The minimum absolute atomic E-state index is 0.0533. The van der Waals surface area contributed by atoms with Gasteiger partial charge in [0, 0.05) is 30.6 Å². The molecule has 1 aliphatic carbocycles. The fourth-order valence-corrected chi connectivity index (χ4v) is 3.80. The molecule has 0 bridgehead atoms. The van der Waals surface area contributed by atoms with Gasteiger partial charge in [-0.3, -0.25) is 14.5 Å². The number of pyridine rings is 1. The van der Waals surface area contributed by atoms with E-state index < -0.39 is 31.0 Å². The predicted octanol–water partition coefficient (Wildman–Crippen LogP) is 3.15. The molecule has 1 atom stereocenters. The van der Waals surface area contributed by atoms with Crippen LogP contribution in [0.15, 0.2) is 24.4 Å². The summed E-state index contributed by atoms with van der Waals surface area (Å²) in [5, 5.41) is 9.34. The fourth-order valence-electron chi connectivity index (χ4n) is 3.80. The van der Waals surface area contributed by atoms with Crippen LogP contribution in [0.25, 0.3) is 16.6 Å². The van der Waals surface area contributed by atoms with Crippen molar-refractivity contribution in [2.75, 3.05) is 11.4 Å². The lowest BCUT2D eigenvalue weighted by Crippen LogP contribution is -2.50. The van der Waals surface area contributed by atoms with Gasteiger partial charge < -0.3 is 9.88 Å². The number of carbonyl (C=O) groups excluding carboxylic acids is 2. The molecule has 4 rings (SSSR count). The van der Waals surface area contributed by atoms with E-state index in [9.17, 15) is 22.8 Å². The summed E-state index contributed by atoms with van der Waals surface area (Å²) in [6, 6.07) is 3.00. The molecule has 7 nitrogen and oxygen atoms in total. The first-order valence-electron chi connectivity index (χ1n) is 9.47. The second kappa shape index (κ2) is 7.48. The Labute approximate surface area is 169 Å². The molecule has 1 fully saturated rings. The highest BCUT2D eigenvalue weighted by Gasteiger charge is 2.47. The van der Waals surface area contributed by atoms with Crippen LogP contribution in [-0.4, -0.2) is 52.0 Å². The van der Waals surface area contributed by atoms with Gasteiger partial charge in [-0.25, -0.2) is 4.98 Å². The van der Waals surface area contributed by atoms with Crippen molar-refractivity contribution in [3.8, 4) is 6.07 Å². The predicted molar refractivity (Wildman–Crippen MR) is 102 cm³/mol. The highest BCUT2D eigenvalue weighted by Crippen LogP contribution is 2.39. The molecular weight excluding hydrogens is 399 g/mol. The van der Waals surface area contributed by atoms with Gasteiger partial charge in [0.25, 0.3) is 0 Å². The van der Waals surface area contributed by atoms with Crippen molar-refractivity contribution in [1.82, 2.24) is 14.9 Å². The van der Waals surface area contributed by atoms with Gasteiger partial charge in [0.05, 0.1) is 6.07 Å². The van der Waals surface area contributed by atoms with Crippen LogP contribution in [-0.2, 0) is 9.59 Å². The third-order valence-electron chi connectivity index (χ3n) is 5.43. The number of amides is 2. The Kier molecular flexibility index (Phi) is 4.97. The average Bonchev–Trinajstić information content (AvgIpc) is 3.43. The minimum atomic E-state index is -4.64. The number of alkyl halides is 3. The number of nitrogens with one attached hydrogen (secondary N) is 1. The molecule has 1 N–H and O–H groups in total. The number of fused-ring (bicyclic) bond motifs is 1. The molecule has 2 aliphatic rings. The van der Waals surface area contributed by atoms with Crippen LogP contribution in [0.3, 0.4) is 0 Å². The highest BCUT2D eigenvalue weighted by molar-refractivity contribution is 5.94. The summed E-state index contributed by atoms with van der Waals surface area (Å²) in [6.07, 6.45) is -0.0657. The number of hydrogen-bond acceptors (Lipinski definition) is 4. The number of rotatable bonds is 5. The second-order valence-electron chi connectivity index (χ2n) is 7.38. The monoisotopic (exact) mass is 417 g/mol. The molecule has 0 aromatic carbocycles. The molecule has 1 saturated carbocycles. The Morgan fingerprint density at radius 3 is 2.83 bits per heavy atom. The van der Waals surface area contributed by atoms with Crippen LogP contribution in [0.1, 0.15) is 31.2 Å². The lowest BCUT2D eigenvalue weighted by atomic mass is 9.92. The third-order valence-corrected chi connectivity index (χ3v) is 5.43. The largest absolute Gasteiger partial charge is 0.409 e. The summed E-state index contributed by atoms with van der Waals surface area (Å²) in [6.45, 7) is -0.246. The third kappa shape index (κ3) is 3.63. The van der Waals surface area contributed by atoms with Crippen molar-refractivity contribution in [3.05, 3.63) is 30.0 Å². The Bertz CT molecular complexity index is 1060. The van der Waals surface area contributed by atoms with E-state index in [1.165, 1.54) is 4.90 Å². The molecule has 2 aromatic rings. The maximum Gasteiger partial charge on any atom is 0.409 e. The van der Waals surface area contributed by atoms with Crippen LogP contribution in [0.2, 0.25) is 0 Å². The van der Waals surface area contributed by atoms with Crippen molar-refractivity contribution in [1.29, 1.82) is 5.26 Å². The zero-order valence-electron chi connectivity index (χ0n) is 15.8. The zero-order chi connectivity index (χ0) is 21.5. The smallest absolute Gasteiger partial charge is 0.346 e. The number of H-pyrrole nitrogens is 1. The van der Waals surface area contributed by atoms with Gasteiger partial charge >= 0.3 is 6.18 Å². The van der Waals surface area contributed by atoms with Crippen molar-refractivity contribution in [3.63, 3.8) is 0 Å². The summed E-state index contributed by atoms with van der Waals surface area (Å²) in [7, 11) is 0. The van der Waals surface area contributed by atoms with Gasteiger partial charge in [0.2, 0.25) is 12.3 Å². The Morgan fingerprint density at radius 2 is 2.20 bits per heavy atom. The topological polar surface area (TPSA) is 93.1 Å². The first-order valence-corrected chi connectivity index (χ1v) is 9.47. The summed E-state index contributed by atoms with van der Waals surface area (Å²) < 4.78 is 41.2. The van der Waals surface area contributed by atoms with Crippen LogP contribution in [0.4, 0.5) is 19.0 Å². The van der Waals surface area contributed by atoms with E-state index in [-0.39, 0.29) is 12.6 Å². The molecule has 3 heterocycles. The summed E-state index contributed by atoms with van der Waals surface area (Å²) in [4.78, 5) is 33.2. The first kappa shape index (κ1) is 19.9. The van der Waals surface area contributed by atoms with E-state index in [0.29, 0.717) is 39.3 Å². The molecule has 2 aromatic heterocycles. The lowest BCUT2D eigenvalue weighted by Gasteiger charge is -2.36. The fraction of sp³-hybridized carbons (Fsp3) is 0.400. The second-order valence-corrected chi connectivity index (χ2v) is 7.38. The van der Waals surface area contributed by atoms with Gasteiger partial charge in [-0.15, -0.1) is 0 Å². The van der Waals surface area contributed by atoms with Gasteiger partial charge in [-0.1, -0.05) is 6.08 Å². The Hall–Kier alpha value is -3.35. The van der Waals surface area contributed by atoms with Crippen molar-refractivity contribution in [2.45, 2.75) is 43.9 Å². The minimum Gasteiger partial charge on any atom is -0.346 e. The van der Waals surface area contributed by atoms with Crippen LogP contribution in [0, 0.1) is 11.3 Å². The molecule has 2 amide bonds. The van der Waals surface area contributed by atoms with Crippen LogP contribution >= 0.6 is 0 Å². The van der Waals surface area contributed by atoms with Crippen molar-refractivity contribution >= 4 is 34.7 Å². The van der Waals surface area contributed by atoms with Gasteiger partial charge in [0.1, 0.15) is 23.9 Å². The SMILES string of the molecule is N#CCC(=O)N1CC=C(c2cc(N(C=O)C3CC3)nc3[nH]ccc23)CC1C(F)(F)F. The number of hydrogen-bond donors (Lipinski definition) is 1. The quantitative estimate of drug-likeness (QED) is 0.757. The van der Waals surface area contributed by atoms with E-state index in [1.807, 2.05) is 0 Å². The van der Waals surface area contributed by atoms with Gasteiger partial charge in [0.15, 0.2) is 0 Å². The number of carbonyl (C=O) groups is 2. The van der Waals surface area contributed by atoms with E-state index in [1.54, 1.807) is 30.5 Å². The normalized spacial score (nSPS) is 19.3. The number of anilines is 1. The Balaban J connectivity index is 1.76. The summed E-state index contributed by atoms with van der Waals surface area (Å²) in [5.74, 6) is -0.469. The highest BCUT2D eigenvalue weighted by atomic mass is 19.4. The maximum atomic E-state index is 13.7. The molecule has 30 heavy (non-hydrogen) atoms. The number of aromatic amines is 1. The van der Waals surface area contributed by atoms with E-state index in [4.69, 9.17) is 5.26 Å². The molecule has 1 unspecified atom stereocenters. The molecule has 10 heteroatoms. The number of nitrogens with zero attached hydrogens (tertiary/aromatic N) is 4. The van der Waals surface area contributed by atoms with Crippen molar-refractivity contribution < 1.29 is 22.8 Å². The number of aromatic nitrogens is 2. The van der Waals surface area contributed by atoms with E-state index in [2.05, 4.69) is 9.97 Å². The van der Waals surface area contributed by atoms with Crippen LogP contribution < -0.4 is 4.90 Å². The first-order chi connectivity index (χ1) is 14.3. The van der Waals surface area contributed by atoms with E-state index >= 15 is 0 Å². The average molecular weight is 417 g/mol. The maximum absolute atomic E-state index is 13.7.